The number of carbonyl (C=O) groups is 1. The fraction of sp³-hybridized carbons (Fsp3) is 0.300. The van der Waals surface area contributed by atoms with Crippen LogP contribution < -0.4 is 5.73 Å². The van der Waals surface area contributed by atoms with Crippen LogP contribution in [-0.2, 0) is 0 Å². The number of nitrogens with two attached hydrogens (primary N) is 1. The van der Waals surface area contributed by atoms with Gasteiger partial charge in [-0.1, -0.05) is 0 Å². The number of rotatable bonds is 2. The average molecular weight is 197 g/mol. The molecule has 1 aromatic carbocycles. The zero-order valence-corrected chi connectivity index (χ0v) is 8.04. The van der Waals surface area contributed by atoms with E-state index in [9.17, 15) is 9.18 Å². The van der Waals surface area contributed by atoms with Crippen molar-refractivity contribution in [2.24, 2.45) is 5.73 Å². The number of carboxylic acid groups (broad SMARTS) is 1. The van der Waals surface area contributed by atoms with Crippen molar-refractivity contribution in [2.45, 2.75) is 19.9 Å². The van der Waals surface area contributed by atoms with Crippen LogP contribution in [0.2, 0.25) is 0 Å². The minimum atomic E-state index is -1.27. The molecule has 0 saturated heterocycles. The molecule has 14 heavy (non-hydrogen) atoms. The van der Waals surface area contributed by atoms with Crippen LogP contribution in [0.5, 0.6) is 0 Å². The van der Waals surface area contributed by atoms with E-state index in [0.717, 1.165) is 0 Å². The third kappa shape index (κ3) is 1.90. The summed E-state index contributed by atoms with van der Waals surface area (Å²) in [7, 11) is 0. The fourth-order valence-electron chi connectivity index (χ4n) is 1.34. The standard InChI is InChI=1S/C10H12FNO2/c1-5-3-9(11)8(10(13)14)4-7(5)6(2)12/h3-4,6H,12H2,1-2H3,(H,13,14). The maximum Gasteiger partial charge on any atom is 0.338 e. The highest BCUT2D eigenvalue weighted by Crippen LogP contribution is 2.20. The van der Waals surface area contributed by atoms with Crippen molar-refractivity contribution in [2.75, 3.05) is 0 Å². The summed E-state index contributed by atoms with van der Waals surface area (Å²) in [6.45, 7) is 3.43. The topological polar surface area (TPSA) is 63.3 Å². The van der Waals surface area contributed by atoms with Crippen molar-refractivity contribution in [1.29, 1.82) is 0 Å². The lowest BCUT2D eigenvalue weighted by molar-refractivity contribution is 0.0691. The molecule has 1 aromatic rings. The second-order valence-corrected chi connectivity index (χ2v) is 3.28. The van der Waals surface area contributed by atoms with E-state index in [1.54, 1.807) is 13.8 Å². The van der Waals surface area contributed by atoms with Gasteiger partial charge in [0, 0.05) is 6.04 Å². The predicted molar refractivity (Wildman–Crippen MR) is 50.7 cm³/mol. The molecule has 4 heteroatoms. The second-order valence-electron chi connectivity index (χ2n) is 3.28. The van der Waals surface area contributed by atoms with Crippen LogP contribution in [0.15, 0.2) is 12.1 Å². The Hall–Kier alpha value is -1.42. The number of hydrogen-bond acceptors (Lipinski definition) is 2. The van der Waals surface area contributed by atoms with E-state index in [4.69, 9.17) is 10.8 Å². The van der Waals surface area contributed by atoms with Crippen LogP contribution in [0, 0.1) is 12.7 Å². The quantitative estimate of drug-likeness (QED) is 0.760. The van der Waals surface area contributed by atoms with Crippen LogP contribution in [0.3, 0.4) is 0 Å². The van der Waals surface area contributed by atoms with E-state index >= 15 is 0 Å². The number of halogens is 1. The fourth-order valence-corrected chi connectivity index (χ4v) is 1.34. The van der Waals surface area contributed by atoms with E-state index < -0.39 is 11.8 Å². The first-order chi connectivity index (χ1) is 6.43. The van der Waals surface area contributed by atoms with Gasteiger partial charge >= 0.3 is 5.97 Å². The van der Waals surface area contributed by atoms with Crippen LogP contribution >= 0.6 is 0 Å². The molecule has 0 saturated carbocycles. The Morgan fingerprint density at radius 1 is 1.57 bits per heavy atom. The van der Waals surface area contributed by atoms with Gasteiger partial charge in [-0.3, -0.25) is 0 Å². The summed E-state index contributed by atoms with van der Waals surface area (Å²) >= 11 is 0. The molecule has 3 N–H and O–H groups in total. The molecule has 0 fully saturated rings. The molecular weight excluding hydrogens is 185 g/mol. The Balaban J connectivity index is 3.34. The minimum absolute atomic E-state index is 0.298. The van der Waals surface area contributed by atoms with E-state index in [1.807, 2.05) is 0 Å². The van der Waals surface area contributed by atoms with Crippen molar-refractivity contribution >= 4 is 5.97 Å². The molecule has 1 unspecified atom stereocenters. The van der Waals surface area contributed by atoms with Crippen LogP contribution in [0.1, 0.15) is 34.5 Å². The molecule has 0 aliphatic rings. The summed E-state index contributed by atoms with van der Waals surface area (Å²) in [6.07, 6.45) is 0. The maximum absolute atomic E-state index is 13.1. The van der Waals surface area contributed by atoms with Crippen molar-refractivity contribution < 1.29 is 14.3 Å². The Morgan fingerprint density at radius 3 is 2.57 bits per heavy atom. The summed E-state index contributed by atoms with van der Waals surface area (Å²) in [5, 5.41) is 8.68. The van der Waals surface area contributed by atoms with Gasteiger partial charge in [0.05, 0.1) is 5.56 Å². The van der Waals surface area contributed by atoms with Crippen molar-refractivity contribution in [3.63, 3.8) is 0 Å². The number of benzene rings is 1. The van der Waals surface area contributed by atoms with Crippen molar-refractivity contribution in [1.82, 2.24) is 0 Å². The number of hydrogen-bond donors (Lipinski definition) is 2. The first-order valence-corrected chi connectivity index (χ1v) is 4.22. The maximum atomic E-state index is 13.1. The summed E-state index contributed by atoms with van der Waals surface area (Å²) < 4.78 is 13.1. The summed E-state index contributed by atoms with van der Waals surface area (Å²) in [6, 6.07) is 2.19. The van der Waals surface area contributed by atoms with Gasteiger partial charge in [0.1, 0.15) is 5.82 Å². The van der Waals surface area contributed by atoms with Crippen molar-refractivity contribution in [3.8, 4) is 0 Å². The molecular formula is C10H12FNO2. The number of carboxylic acids is 1. The molecule has 1 rings (SSSR count). The molecule has 1 atom stereocenters. The van der Waals surface area contributed by atoms with Gasteiger partial charge < -0.3 is 10.8 Å². The van der Waals surface area contributed by atoms with Gasteiger partial charge in [-0.2, -0.15) is 0 Å². The highest BCUT2D eigenvalue weighted by atomic mass is 19.1. The lowest BCUT2D eigenvalue weighted by Gasteiger charge is -2.11. The first kappa shape index (κ1) is 10.7. The first-order valence-electron chi connectivity index (χ1n) is 4.22. The molecule has 0 aromatic heterocycles. The molecule has 0 bridgehead atoms. The predicted octanol–water partition coefficient (Wildman–Crippen LogP) is 1.85. The zero-order chi connectivity index (χ0) is 10.9. The SMILES string of the molecule is Cc1cc(F)c(C(=O)O)cc1C(C)N. The highest BCUT2D eigenvalue weighted by Gasteiger charge is 2.14. The van der Waals surface area contributed by atoms with Crippen LogP contribution in [0.4, 0.5) is 4.39 Å². The summed E-state index contributed by atoms with van der Waals surface area (Å²) in [5.74, 6) is -2.00. The Kier molecular flexibility index (Phi) is 2.86. The van der Waals surface area contributed by atoms with Gasteiger partial charge in [-0.05, 0) is 37.1 Å². The minimum Gasteiger partial charge on any atom is -0.478 e. The number of aromatic carboxylic acids is 1. The molecule has 76 valence electrons. The summed E-state index contributed by atoms with van der Waals surface area (Å²) in [4.78, 5) is 10.6. The third-order valence-corrected chi connectivity index (χ3v) is 2.08. The average Bonchev–Trinajstić information content (AvgIpc) is 2.02. The van der Waals surface area contributed by atoms with Gasteiger partial charge in [0.2, 0.25) is 0 Å². The molecule has 3 nitrogen and oxygen atoms in total. The van der Waals surface area contributed by atoms with E-state index in [2.05, 4.69) is 0 Å². The lowest BCUT2D eigenvalue weighted by atomic mass is 9.99. The van der Waals surface area contributed by atoms with Gasteiger partial charge in [0.15, 0.2) is 0 Å². The number of aryl methyl sites for hydroxylation is 1. The second kappa shape index (κ2) is 3.75. The molecule has 0 heterocycles. The Morgan fingerprint density at radius 2 is 2.14 bits per heavy atom. The Labute approximate surface area is 81.4 Å². The molecule has 0 spiro atoms. The largest absolute Gasteiger partial charge is 0.478 e. The lowest BCUT2D eigenvalue weighted by Crippen LogP contribution is -2.10. The van der Waals surface area contributed by atoms with Gasteiger partial charge in [-0.25, -0.2) is 9.18 Å². The van der Waals surface area contributed by atoms with E-state index in [1.165, 1.54) is 12.1 Å². The third-order valence-electron chi connectivity index (χ3n) is 2.08. The smallest absolute Gasteiger partial charge is 0.338 e. The van der Waals surface area contributed by atoms with E-state index in [-0.39, 0.29) is 11.6 Å². The van der Waals surface area contributed by atoms with Gasteiger partial charge in [0.25, 0.3) is 0 Å². The highest BCUT2D eigenvalue weighted by molar-refractivity contribution is 5.88. The molecule has 0 aliphatic carbocycles. The Bertz CT molecular complexity index is 375. The molecule has 0 radical (unpaired) electrons. The van der Waals surface area contributed by atoms with E-state index in [0.29, 0.717) is 11.1 Å². The zero-order valence-electron chi connectivity index (χ0n) is 8.04. The summed E-state index contributed by atoms with van der Waals surface area (Å²) in [5.41, 5.74) is 6.61. The van der Waals surface area contributed by atoms with Crippen LogP contribution in [-0.4, -0.2) is 11.1 Å². The van der Waals surface area contributed by atoms with Crippen molar-refractivity contribution in [3.05, 3.63) is 34.6 Å². The van der Waals surface area contributed by atoms with Gasteiger partial charge in [-0.15, -0.1) is 0 Å². The molecule has 0 aliphatic heterocycles. The monoisotopic (exact) mass is 197 g/mol. The normalized spacial score (nSPS) is 12.6. The molecule has 0 amide bonds. The van der Waals surface area contributed by atoms with Crippen LogP contribution in [0.25, 0.3) is 0 Å².